The molecular formula is C37H39N3O2. The van der Waals surface area contributed by atoms with Gasteiger partial charge in [0.05, 0.1) is 0 Å². The molecule has 2 heterocycles. The van der Waals surface area contributed by atoms with Crippen molar-refractivity contribution in [2.75, 3.05) is 26.2 Å². The van der Waals surface area contributed by atoms with Crippen molar-refractivity contribution in [3.63, 3.8) is 0 Å². The zero-order valence-electron chi connectivity index (χ0n) is 24.3. The van der Waals surface area contributed by atoms with Gasteiger partial charge in [-0.1, -0.05) is 78.4 Å². The smallest absolute Gasteiger partial charge is 0.220 e. The third kappa shape index (κ3) is 6.75. The number of fused-ring (bicyclic) bond motifs is 1. The first-order chi connectivity index (χ1) is 20.6. The maximum atomic E-state index is 13.4. The minimum atomic E-state index is -0.125. The fraction of sp³-hybridized carbons (Fsp3) is 0.270. The number of benzene rings is 4. The van der Waals surface area contributed by atoms with Gasteiger partial charge in [-0.15, -0.1) is 0 Å². The Morgan fingerprint density at radius 1 is 0.857 bits per heavy atom. The standard InChI is InChI=1S/C37H39N3O2/c1-28-16-18-29(19-17-28)26-40-27-35(33-14-5-6-15-36(33)40)34(25-37(41)38-20-23-39-21-7-8-22-39)30-10-9-13-32(24-30)42-31-11-3-2-4-12-31/h2-6,9-19,24,27,34H,7-8,20-23,25-26H2,1H3,(H,38,41)/t34-/m0/s1. The minimum Gasteiger partial charge on any atom is -0.457 e. The molecule has 4 aromatic carbocycles. The van der Waals surface area contributed by atoms with Crippen molar-refractivity contribution < 1.29 is 9.53 Å². The van der Waals surface area contributed by atoms with Crippen LogP contribution in [0.2, 0.25) is 0 Å². The Morgan fingerprint density at radius 2 is 1.60 bits per heavy atom. The molecule has 1 amide bonds. The van der Waals surface area contributed by atoms with Crippen molar-refractivity contribution in [1.29, 1.82) is 0 Å². The monoisotopic (exact) mass is 557 g/mol. The van der Waals surface area contributed by atoms with Crippen molar-refractivity contribution >= 4 is 16.8 Å². The zero-order valence-corrected chi connectivity index (χ0v) is 24.3. The van der Waals surface area contributed by atoms with Crippen LogP contribution >= 0.6 is 0 Å². The second-order valence-electron chi connectivity index (χ2n) is 11.4. The van der Waals surface area contributed by atoms with Crippen LogP contribution in [-0.4, -0.2) is 41.6 Å². The number of nitrogens with one attached hydrogen (secondary N) is 1. The Balaban J connectivity index is 1.32. The lowest BCUT2D eigenvalue weighted by atomic mass is 9.88. The number of amides is 1. The molecule has 0 bridgehead atoms. The number of nitrogens with zero attached hydrogens (tertiary/aromatic N) is 2. The molecule has 5 heteroatoms. The number of aryl methyl sites for hydroxylation is 1. The molecule has 6 rings (SSSR count). The van der Waals surface area contributed by atoms with Gasteiger partial charge < -0.3 is 19.5 Å². The molecule has 0 aliphatic carbocycles. The zero-order chi connectivity index (χ0) is 28.7. The largest absolute Gasteiger partial charge is 0.457 e. The maximum absolute atomic E-state index is 13.4. The van der Waals surface area contributed by atoms with Crippen LogP contribution in [0.5, 0.6) is 11.5 Å². The summed E-state index contributed by atoms with van der Waals surface area (Å²) >= 11 is 0. The molecule has 42 heavy (non-hydrogen) atoms. The molecule has 1 aromatic heterocycles. The van der Waals surface area contributed by atoms with E-state index in [1.54, 1.807) is 0 Å². The average molecular weight is 558 g/mol. The Morgan fingerprint density at radius 3 is 2.40 bits per heavy atom. The normalized spacial score (nSPS) is 14.2. The van der Waals surface area contributed by atoms with Crippen LogP contribution in [0.15, 0.2) is 109 Å². The number of ether oxygens (including phenoxy) is 1. The highest BCUT2D eigenvalue weighted by molar-refractivity contribution is 5.87. The predicted octanol–water partition coefficient (Wildman–Crippen LogP) is 7.52. The van der Waals surface area contributed by atoms with Crippen LogP contribution in [0.1, 0.15) is 47.4 Å². The Hall–Kier alpha value is -4.35. The van der Waals surface area contributed by atoms with Gasteiger partial charge in [0.1, 0.15) is 11.5 Å². The molecule has 1 aliphatic heterocycles. The summed E-state index contributed by atoms with van der Waals surface area (Å²) in [5, 5.41) is 4.39. The van der Waals surface area contributed by atoms with E-state index in [-0.39, 0.29) is 11.8 Å². The number of carbonyl (C=O) groups is 1. The highest BCUT2D eigenvalue weighted by Gasteiger charge is 2.24. The topological polar surface area (TPSA) is 46.5 Å². The molecule has 0 radical (unpaired) electrons. The van der Waals surface area contributed by atoms with Gasteiger partial charge in [0.25, 0.3) is 0 Å². The second-order valence-corrected chi connectivity index (χ2v) is 11.4. The lowest BCUT2D eigenvalue weighted by Gasteiger charge is -2.19. The van der Waals surface area contributed by atoms with E-state index in [0.717, 1.165) is 48.8 Å². The van der Waals surface area contributed by atoms with E-state index in [1.165, 1.54) is 34.9 Å². The summed E-state index contributed by atoms with van der Waals surface area (Å²) in [4.78, 5) is 15.9. The fourth-order valence-corrected chi connectivity index (χ4v) is 6.02. The highest BCUT2D eigenvalue weighted by atomic mass is 16.5. The van der Waals surface area contributed by atoms with Crippen molar-refractivity contribution in [1.82, 2.24) is 14.8 Å². The van der Waals surface area contributed by atoms with E-state index < -0.39 is 0 Å². The molecule has 1 saturated heterocycles. The molecule has 214 valence electrons. The van der Waals surface area contributed by atoms with Crippen molar-refractivity contribution in [2.45, 2.75) is 38.6 Å². The first kappa shape index (κ1) is 27.8. The summed E-state index contributed by atoms with van der Waals surface area (Å²) in [6.45, 7) is 6.74. The third-order valence-corrected chi connectivity index (χ3v) is 8.25. The van der Waals surface area contributed by atoms with Gasteiger partial charge in [-0.05, 0) is 79.9 Å². The summed E-state index contributed by atoms with van der Waals surface area (Å²) < 4.78 is 8.52. The van der Waals surface area contributed by atoms with Gasteiger partial charge in [0.15, 0.2) is 0 Å². The van der Waals surface area contributed by atoms with E-state index >= 15 is 0 Å². The number of carbonyl (C=O) groups excluding carboxylic acids is 1. The third-order valence-electron chi connectivity index (χ3n) is 8.25. The van der Waals surface area contributed by atoms with E-state index in [0.29, 0.717) is 13.0 Å². The predicted molar refractivity (Wildman–Crippen MR) is 170 cm³/mol. The molecule has 5 nitrogen and oxygen atoms in total. The van der Waals surface area contributed by atoms with Crippen molar-refractivity contribution in [3.05, 3.63) is 132 Å². The Kier molecular flexibility index (Phi) is 8.67. The van der Waals surface area contributed by atoms with Crippen molar-refractivity contribution in [3.8, 4) is 11.5 Å². The number of likely N-dealkylation sites (tertiary alicyclic amines) is 1. The number of hydrogen-bond donors (Lipinski definition) is 1. The number of hydrogen-bond acceptors (Lipinski definition) is 3. The second kappa shape index (κ2) is 13.1. The van der Waals surface area contributed by atoms with E-state index in [2.05, 4.69) is 88.6 Å². The van der Waals surface area contributed by atoms with E-state index in [4.69, 9.17) is 4.74 Å². The fourth-order valence-electron chi connectivity index (χ4n) is 6.02. The molecule has 0 spiro atoms. The lowest BCUT2D eigenvalue weighted by molar-refractivity contribution is -0.121. The number of para-hydroxylation sites is 2. The van der Waals surface area contributed by atoms with E-state index in [1.807, 2.05) is 42.5 Å². The molecule has 1 N–H and O–H groups in total. The van der Waals surface area contributed by atoms with Gasteiger partial charge in [-0.2, -0.15) is 0 Å². The average Bonchev–Trinajstić information content (AvgIpc) is 3.66. The maximum Gasteiger partial charge on any atom is 0.220 e. The minimum absolute atomic E-state index is 0.0731. The quantitative estimate of drug-likeness (QED) is 0.183. The van der Waals surface area contributed by atoms with Crippen molar-refractivity contribution in [2.24, 2.45) is 0 Å². The van der Waals surface area contributed by atoms with Crippen LogP contribution in [-0.2, 0) is 11.3 Å². The van der Waals surface area contributed by atoms with Crippen LogP contribution in [0.4, 0.5) is 0 Å². The molecule has 0 unspecified atom stereocenters. The molecule has 5 aromatic rings. The molecule has 1 fully saturated rings. The first-order valence-electron chi connectivity index (χ1n) is 15.1. The summed E-state index contributed by atoms with van der Waals surface area (Å²) in [5.41, 5.74) is 5.90. The highest BCUT2D eigenvalue weighted by Crippen LogP contribution is 2.37. The van der Waals surface area contributed by atoms with E-state index in [9.17, 15) is 4.79 Å². The molecule has 1 atom stereocenters. The summed E-state index contributed by atoms with van der Waals surface area (Å²) in [5.74, 6) is 1.51. The van der Waals surface area contributed by atoms with Gasteiger partial charge in [-0.25, -0.2) is 0 Å². The van der Waals surface area contributed by atoms with Crippen LogP contribution in [0.25, 0.3) is 10.9 Å². The van der Waals surface area contributed by atoms with Gasteiger partial charge in [0, 0.05) is 49.1 Å². The van der Waals surface area contributed by atoms with Crippen LogP contribution in [0.3, 0.4) is 0 Å². The van der Waals surface area contributed by atoms with Gasteiger partial charge >= 0.3 is 0 Å². The number of rotatable bonds is 11. The Labute approximate surface area is 248 Å². The summed E-state index contributed by atoms with van der Waals surface area (Å²) in [6.07, 6.45) is 5.12. The Bertz CT molecular complexity index is 1620. The van der Waals surface area contributed by atoms with Crippen LogP contribution < -0.4 is 10.1 Å². The summed E-state index contributed by atoms with van der Waals surface area (Å²) in [6, 6.07) is 35.3. The SMILES string of the molecule is Cc1ccc(Cn2cc([C@@H](CC(=O)NCCN3CCCC3)c3cccc(Oc4ccccc4)c3)c3ccccc32)cc1. The molecule has 1 aliphatic rings. The lowest BCUT2D eigenvalue weighted by Crippen LogP contribution is -2.34. The summed E-state index contributed by atoms with van der Waals surface area (Å²) in [7, 11) is 0. The molecule has 0 saturated carbocycles. The number of aromatic nitrogens is 1. The van der Waals surface area contributed by atoms with Gasteiger partial charge in [0.2, 0.25) is 5.91 Å². The van der Waals surface area contributed by atoms with Gasteiger partial charge in [-0.3, -0.25) is 4.79 Å². The van der Waals surface area contributed by atoms with Crippen LogP contribution in [0, 0.1) is 6.92 Å². The first-order valence-corrected chi connectivity index (χ1v) is 15.1. The molecular weight excluding hydrogens is 518 g/mol.